The molecule has 1 saturated heterocycles. The topological polar surface area (TPSA) is 132 Å². The van der Waals surface area contributed by atoms with E-state index in [0.29, 0.717) is 19.3 Å². The van der Waals surface area contributed by atoms with Gasteiger partial charge in [-0.1, -0.05) is 51.0 Å². The van der Waals surface area contributed by atoms with E-state index in [9.17, 15) is 24.5 Å². The summed E-state index contributed by atoms with van der Waals surface area (Å²) in [5.74, 6) is -0.336. The quantitative estimate of drug-likeness (QED) is 0.338. The van der Waals surface area contributed by atoms with E-state index in [0.717, 1.165) is 31.9 Å². The maximum Gasteiger partial charge on any atom is 0.472 e. The third kappa shape index (κ3) is 3.77. The van der Waals surface area contributed by atoms with Crippen LogP contribution >= 0.6 is 7.82 Å². The van der Waals surface area contributed by atoms with E-state index in [-0.39, 0.29) is 23.2 Å². The van der Waals surface area contributed by atoms with Crippen LogP contribution in [0.2, 0.25) is 0 Å². The third-order valence-electron chi connectivity index (χ3n) is 9.92. The fraction of sp³-hybridized carbons (Fsp3) is 0.808. The van der Waals surface area contributed by atoms with E-state index in [2.05, 4.69) is 11.4 Å². The summed E-state index contributed by atoms with van der Waals surface area (Å²) < 4.78 is 34.3. The number of carbonyl (C=O) groups excluding carboxylic acids is 1. The number of Topliss-reactive ketones (excluding diaryl/α,β-unsaturated/α-hetero) is 1. The van der Waals surface area contributed by atoms with Gasteiger partial charge in [0.1, 0.15) is 6.61 Å². The van der Waals surface area contributed by atoms with Crippen molar-refractivity contribution in [3.8, 4) is 0 Å². The summed E-state index contributed by atoms with van der Waals surface area (Å²) in [6, 6.07) is 0. The van der Waals surface area contributed by atoms with Crippen LogP contribution in [-0.4, -0.2) is 64.8 Å². The average molecular weight is 527 g/mol. The van der Waals surface area contributed by atoms with Gasteiger partial charge in [0.15, 0.2) is 17.7 Å². The number of rotatable bonds is 7. The van der Waals surface area contributed by atoms with Crippen molar-refractivity contribution in [3.05, 3.63) is 23.8 Å². The molecular formula is C26H39O9P. The van der Waals surface area contributed by atoms with Crippen LogP contribution in [0.5, 0.6) is 0 Å². The minimum Gasteiger partial charge on any atom is -0.393 e. The number of hydrogen-bond acceptors (Lipinski definition) is 8. The van der Waals surface area contributed by atoms with Crippen molar-refractivity contribution in [1.82, 2.24) is 0 Å². The van der Waals surface area contributed by atoms with Gasteiger partial charge < -0.3 is 24.6 Å². The SMILES string of the molecule is CCCC1O[C@@H]2C[C@H]3[C@@H]4CCC5=CC(O)C=C[C@]5(C)[C@H]4[C@@H](O)C[C@]3(C)[C@]2(C(=O)COP(=O)(O)OC)O1. The predicted octanol–water partition coefficient (Wildman–Crippen LogP) is 3.28. The first-order chi connectivity index (χ1) is 16.9. The van der Waals surface area contributed by atoms with Gasteiger partial charge in [-0.2, -0.15) is 0 Å². The molecule has 5 rings (SSSR count). The van der Waals surface area contributed by atoms with Crippen LogP contribution in [-0.2, 0) is 27.9 Å². The van der Waals surface area contributed by atoms with Gasteiger partial charge in [0.05, 0.1) is 18.3 Å². The van der Waals surface area contributed by atoms with Gasteiger partial charge in [0.25, 0.3) is 0 Å². The van der Waals surface area contributed by atoms with Crippen LogP contribution in [0.1, 0.15) is 59.3 Å². The lowest BCUT2D eigenvalue weighted by Crippen LogP contribution is -2.63. The number of ketones is 1. The third-order valence-corrected chi connectivity index (χ3v) is 10.8. The van der Waals surface area contributed by atoms with Crippen LogP contribution in [0.25, 0.3) is 0 Å². The first-order valence-electron chi connectivity index (χ1n) is 13.1. The van der Waals surface area contributed by atoms with E-state index >= 15 is 0 Å². The van der Waals surface area contributed by atoms with Crippen molar-refractivity contribution in [1.29, 1.82) is 0 Å². The number of allylic oxidation sites excluding steroid dienone is 2. The molecule has 0 radical (unpaired) electrons. The standard InChI is InChI=1S/C26H39O9P/c1-5-6-22-34-21-12-18-17-8-7-15-11-16(27)9-10-24(15,2)23(17)19(28)13-25(18,3)26(21,35-22)20(29)14-33-36(30,31)32-4/h9-11,16-19,21-23,27-28H,5-8,12-14H2,1-4H3,(H,30,31)/t16?,17-,18-,19-,21+,22?,23+,24-,25-,26+/m0/s1. The lowest BCUT2D eigenvalue weighted by atomic mass is 9.46. The molecule has 0 spiro atoms. The van der Waals surface area contributed by atoms with Gasteiger partial charge in [-0.25, -0.2) is 4.57 Å². The minimum atomic E-state index is -4.36. The summed E-state index contributed by atoms with van der Waals surface area (Å²) in [7, 11) is -3.31. The average Bonchev–Trinajstić information content (AvgIpc) is 3.30. The maximum atomic E-state index is 13.9. The smallest absolute Gasteiger partial charge is 0.393 e. The van der Waals surface area contributed by atoms with E-state index in [1.54, 1.807) is 6.08 Å². The van der Waals surface area contributed by atoms with Gasteiger partial charge in [-0.3, -0.25) is 13.8 Å². The molecule has 4 aliphatic carbocycles. The molecule has 3 unspecified atom stereocenters. The number of aliphatic hydroxyl groups is 2. The van der Waals surface area contributed by atoms with E-state index in [1.165, 1.54) is 0 Å². The molecule has 3 N–H and O–H groups in total. The van der Waals surface area contributed by atoms with Gasteiger partial charge in [0.2, 0.25) is 0 Å². The van der Waals surface area contributed by atoms with Crippen molar-refractivity contribution in [2.24, 2.45) is 28.6 Å². The Balaban J connectivity index is 1.51. The lowest BCUT2D eigenvalue weighted by molar-refractivity contribution is -0.200. The molecule has 0 aromatic carbocycles. The Hall–Kier alpha value is -0.900. The van der Waals surface area contributed by atoms with E-state index in [4.69, 9.17) is 14.0 Å². The van der Waals surface area contributed by atoms with Crippen LogP contribution < -0.4 is 0 Å². The summed E-state index contributed by atoms with van der Waals surface area (Å²) in [4.78, 5) is 23.6. The zero-order valence-corrected chi connectivity index (χ0v) is 22.4. The molecule has 36 heavy (non-hydrogen) atoms. The molecule has 5 aliphatic rings. The van der Waals surface area contributed by atoms with Crippen molar-refractivity contribution in [3.63, 3.8) is 0 Å². The highest BCUT2D eigenvalue weighted by atomic mass is 31.2. The molecule has 202 valence electrons. The van der Waals surface area contributed by atoms with Crippen LogP contribution in [0.4, 0.5) is 0 Å². The second kappa shape index (κ2) is 9.09. The van der Waals surface area contributed by atoms with E-state index in [1.807, 2.05) is 26.0 Å². The van der Waals surface area contributed by atoms with Gasteiger partial charge in [-0.15, -0.1) is 0 Å². The predicted molar refractivity (Wildman–Crippen MR) is 130 cm³/mol. The maximum absolute atomic E-state index is 13.9. The zero-order valence-electron chi connectivity index (χ0n) is 21.5. The summed E-state index contributed by atoms with van der Waals surface area (Å²) in [6.45, 7) is 5.52. The van der Waals surface area contributed by atoms with Crippen molar-refractivity contribution < 1.29 is 43.0 Å². The number of phosphoric acid groups is 1. The number of carbonyl (C=O) groups is 1. The van der Waals surface area contributed by atoms with Gasteiger partial charge >= 0.3 is 7.82 Å². The molecule has 0 aromatic rings. The molecule has 4 fully saturated rings. The summed E-state index contributed by atoms with van der Waals surface area (Å²) in [5.41, 5.74) is -1.33. The van der Waals surface area contributed by atoms with Crippen molar-refractivity contribution in [2.45, 2.75) is 89.5 Å². The normalized spacial score (nSPS) is 48.9. The second-order valence-electron chi connectivity index (χ2n) is 11.6. The Bertz CT molecular complexity index is 1010. The van der Waals surface area contributed by atoms with Crippen LogP contribution in [0.15, 0.2) is 23.8 Å². The highest BCUT2D eigenvalue weighted by Gasteiger charge is 2.75. The molecule has 1 aliphatic heterocycles. The number of hydrogen-bond donors (Lipinski definition) is 3. The first kappa shape index (κ1) is 26.7. The number of aliphatic hydroxyl groups excluding tert-OH is 2. The van der Waals surface area contributed by atoms with Crippen molar-refractivity contribution >= 4 is 13.6 Å². The molecular weight excluding hydrogens is 487 g/mol. The number of fused-ring (bicyclic) bond motifs is 7. The Kier molecular flexibility index (Phi) is 6.74. The van der Waals surface area contributed by atoms with Crippen molar-refractivity contribution in [2.75, 3.05) is 13.7 Å². The monoisotopic (exact) mass is 526 g/mol. The molecule has 0 aromatic heterocycles. The molecule has 0 bridgehead atoms. The van der Waals surface area contributed by atoms with Crippen LogP contribution in [0.3, 0.4) is 0 Å². The fourth-order valence-corrected chi connectivity index (χ4v) is 8.81. The zero-order chi connectivity index (χ0) is 26.1. The molecule has 10 heteroatoms. The summed E-state index contributed by atoms with van der Waals surface area (Å²) >= 11 is 0. The molecule has 11 atom stereocenters. The van der Waals surface area contributed by atoms with Gasteiger partial charge in [0, 0.05) is 23.9 Å². The van der Waals surface area contributed by atoms with E-state index < -0.39 is 55.8 Å². The highest BCUT2D eigenvalue weighted by molar-refractivity contribution is 7.47. The fourth-order valence-electron chi connectivity index (χ4n) is 8.43. The molecule has 3 saturated carbocycles. The second-order valence-corrected chi connectivity index (χ2v) is 13.2. The first-order valence-corrected chi connectivity index (χ1v) is 14.6. The molecule has 9 nitrogen and oxygen atoms in total. The summed E-state index contributed by atoms with van der Waals surface area (Å²) in [5, 5.41) is 21.9. The number of phosphoric ester groups is 1. The molecule has 1 heterocycles. The lowest BCUT2D eigenvalue weighted by Gasteiger charge is -2.60. The minimum absolute atomic E-state index is 0.0457. The summed E-state index contributed by atoms with van der Waals surface area (Å²) in [6.07, 6.45) is 7.40. The Morgan fingerprint density at radius 1 is 1.31 bits per heavy atom. The van der Waals surface area contributed by atoms with Crippen LogP contribution in [0, 0.1) is 28.6 Å². The Morgan fingerprint density at radius 3 is 2.75 bits per heavy atom. The Morgan fingerprint density at radius 2 is 2.06 bits per heavy atom. The molecule has 0 amide bonds. The number of ether oxygens (including phenoxy) is 2. The largest absolute Gasteiger partial charge is 0.472 e. The Labute approximate surface area is 212 Å². The van der Waals surface area contributed by atoms with Gasteiger partial charge in [-0.05, 0) is 43.9 Å². The highest BCUT2D eigenvalue weighted by Crippen LogP contribution is 2.70.